The maximum atomic E-state index is 13.2. The number of aromatic nitrogens is 3. The maximum absolute atomic E-state index is 13.2. The number of thioether (sulfide) groups is 1. The van der Waals surface area contributed by atoms with E-state index in [2.05, 4.69) is 10.2 Å². The van der Waals surface area contributed by atoms with Gasteiger partial charge in [-0.25, -0.2) is 4.39 Å². The van der Waals surface area contributed by atoms with Crippen molar-refractivity contribution in [3.8, 4) is 5.69 Å². The highest BCUT2D eigenvalue weighted by atomic mass is 32.2. The summed E-state index contributed by atoms with van der Waals surface area (Å²) in [4.78, 5) is 13.3. The van der Waals surface area contributed by atoms with Gasteiger partial charge in [0.1, 0.15) is 5.82 Å². The third-order valence-corrected chi connectivity index (χ3v) is 4.64. The number of rotatable bonds is 6. The highest BCUT2D eigenvalue weighted by molar-refractivity contribution is 8.00. The average molecular weight is 337 g/mol. The summed E-state index contributed by atoms with van der Waals surface area (Å²) in [6.45, 7) is 3.71. The van der Waals surface area contributed by atoms with Crippen LogP contribution in [0.3, 0.4) is 0 Å². The smallest absolute Gasteiger partial charge is 0.230 e. The zero-order valence-electron chi connectivity index (χ0n) is 13.5. The first-order chi connectivity index (χ1) is 10.8. The van der Waals surface area contributed by atoms with E-state index >= 15 is 0 Å². The average Bonchev–Trinajstić information content (AvgIpc) is 2.90. The third kappa shape index (κ3) is 3.89. The second kappa shape index (κ2) is 7.10. The molecule has 1 aromatic carbocycles. The predicted molar refractivity (Wildman–Crippen MR) is 87.9 cm³/mol. The summed E-state index contributed by atoms with van der Waals surface area (Å²) in [5, 5.41) is 8.55. The molecule has 0 saturated heterocycles. The molecule has 1 aromatic heterocycles. The van der Waals surface area contributed by atoms with E-state index in [0.29, 0.717) is 11.0 Å². The molecule has 23 heavy (non-hydrogen) atoms. The Bertz CT molecular complexity index is 686. The van der Waals surface area contributed by atoms with Crippen LogP contribution in [0.5, 0.6) is 0 Å². The summed E-state index contributed by atoms with van der Waals surface area (Å²) >= 11 is 1.23. The van der Waals surface area contributed by atoms with Gasteiger partial charge >= 0.3 is 0 Å². The fourth-order valence-corrected chi connectivity index (χ4v) is 2.73. The molecule has 1 amide bonds. The van der Waals surface area contributed by atoms with Crippen LogP contribution < -0.4 is 5.73 Å². The van der Waals surface area contributed by atoms with Crippen LogP contribution in [0.1, 0.15) is 25.7 Å². The van der Waals surface area contributed by atoms with Gasteiger partial charge in [-0.3, -0.25) is 14.3 Å². The van der Waals surface area contributed by atoms with Crippen molar-refractivity contribution in [1.29, 1.82) is 0 Å². The summed E-state index contributed by atoms with van der Waals surface area (Å²) in [7, 11) is 3.88. The van der Waals surface area contributed by atoms with Gasteiger partial charge in [0.2, 0.25) is 5.91 Å². The minimum absolute atomic E-state index is 0.00853. The number of primary amides is 1. The van der Waals surface area contributed by atoms with E-state index in [1.54, 1.807) is 19.1 Å². The first-order valence-corrected chi connectivity index (χ1v) is 8.03. The first kappa shape index (κ1) is 17.4. The normalized spacial score (nSPS) is 14.0. The van der Waals surface area contributed by atoms with Gasteiger partial charge in [-0.2, -0.15) is 0 Å². The Hall–Kier alpha value is -1.93. The second-order valence-corrected chi connectivity index (χ2v) is 6.76. The quantitative estimate of drug-likeness (QED) is 0.816. The predicted octanol–water partition coefficient (Wildman–Crippen LogP) is 1.99. The van der Waals surface area contributed by atoms with Crippen LogP contribution in [0.4, 0.5) is 4.39 Å². The largest absolute Gasteiger partial charge is 0.369 e. The van der Waals surface area contributed by atoms with Crippen LogP contribution in [0.15, 0.2) is 29.4 Å². The van der Waals surface area contributed by atoms with Crippen molar-refractivity contribution < 1.29 is 9.18 Å². The molecule has 0 spiro atoms. The van der Waals surface area contributed by atoms with Crippen LogP contribution >= 0.6 is 11.8 Å². The molecular weight excluding hydrogens is 317 g/mol. The minimum atomic E-state index is -0.444. The zero-order chi connectivity index (χ0) is 17.1. The lowest BCUT2D eigenvalue weighted by Crippen LogP contribution is -2.23. The Labute approximate surface area is 138 Å². The molecule has 6 nitrogen and oxygen atoms in total. The first-order valence-electron chi connectivity index (χ1n) is 7.15. The Morgan fingerprint density at radius 3 is 2.39 bits per heavy atom. The molecule has 124 valence electrons. The van der Waals surface area contributed by atoms with Crippen molar-refractivity contribution in [2.45, 2.75) is 30.3 Å². The lowest BCUT2D eigenvalue weighted by molar-refractivity contribution is -0.117. The number of carbonyl (C=O) groups excluding carboxylic acids is 1. The van der Waals surface area contributed by atoms with E-state index in [-0.39, 0.29) is 11.9 Å². The fraction of sp³-hybridized carbons (Fsp3) is 0.400. The molecule has 2 aromatic rings. The molecule has 2 atom stereocenters. The van der Waals surface area contributed by atoms with Crippen molar-refractivity contribution in [2.75, 3.05) is 14.1 Å². The van der Waals surface area contributed by atoms with Gasteiger partial charge in [0, 0.05) is 5.69 Å². The van der Waals surface area contributed by atoms with Crippen molar-refractivity contribution in [2.24, 2.45) is 5.73 Å². The molecule has 0 bridgehead atoms. The van der Waals surface area contributed by atoms with Crippen LogP contribution in [-0.2, 0) is 4.79 Å². The van der Waals surface area contributed by atoms with Crippen LogP contribution in [0.25, 0.3) is 5.69 Å². The van der Waals surface area contributed by atoms with Crippen molar-refractivity contribution in [1.82, 2.24) is 19.7 Å². The van der Waals surface area contributed by atoms with E-state index in [1.165, 1.54) is 23.9 Å². The number of nitrogens with two attached hydrogens (primary N) is 1. The molecular formula is C15H20FN5OS. The standard InChI is InChI=1S/C15H20FN5OS/c1-9(20(3)4)14-18-19-15(23-10(2)13(17)22)21(14)12-7-5-11(16)6-8-12/h5-10H,1-4H3,(H2,17,22)/t9-,10-/m0/s1. The molecule has 0 aliphatic heterocycles. The number of amides is 1. The lowest BCUT2D eigenvalue weighted by atomic mass is 10.2. The molecule has 0 unspecified atom stereocenters. The van der Waals surface area contributed by atoms with Gasteiger partial charge in [0.05, 0.1) is 11.3 Å². The Balaban J connectivity index is 2.51. The Kier molecular flexibility index (Phi) is 5.38. The molecule has 8 heteroatoms. The highest BCUT2D eigenvalue weighted by Crippen LogP contribution is 2.29. The van der Waals surface area contributed by atoms with E-state index in [0.717, 1.165) is 5.69 Å². The fourth-order valence-electron chi connectivity index (χ4n) is 1.91. The van der Waals surface area contributed by atoms with Crippen LogP contribution in [-0.4, -0.2) is 44.9 Å². The monoisotopic (exact) mass is 337 g/mol. The maximum Gasteiger partial charge on any atom is 0.230 e. The molecule has 1 heterocycles. The van der Waals surface area contributed by atoms with Crippen molar-refractivity contribution in [3.05, 3.63) is 35.9 Å². The molecule has 0 saturated carbocycles. The highest BCUT2D eigenvalue weighted by Gasteiger charge is 2.23. The third-order valence-electron chi connectivity index (χ3n) is 3.57. The van der Waals surface area contributed by atoms with Gasteiger partial charge in [0.15, 0.2) is 11.0 Å². The second-order valence-electron chi connectivity index (χ2n) is 5.45. The number of nitrogens with zero attached hydrogens (tertiary/aromatic N) is 4. The van der Waals surface area contributed by atoms with Gasteiger partial charge in [-0.1, -0.05) is 11.8 Å². The summed E-state index contributed by atoms with van der Waals surface area (Å²) < 4.78 is 15.0. The van der Waals surface area contributed by atoms with Gasteiger partial charge in [-0.05, 0) is 52.2 Å². The van der Waals surface area contributed by atoms with E-state index < -0.39 is 11.2 Å². The van der Waals surface area contributed by atoms with E-state index in [9.17, 15) is 9.18 Å². The van der Waals surface area contributed by atoms with Gasteiger partial charge in [-0.15, -0.1) is 10.2 Å². The van der Waals surface area contributed by atoms with Gasteiger partial charge in [0.25, 0.3) is 0 Å². The van der Waals surface area contributed by atoms with E-state index in [1.807, 2.05) is 30.5 Å². The van der Waals surface area contributed by atoms with E-state index in [4.69, 9.17) is 5.73 Å². The molecule has 0 radical (unpaired) electrons. The zero-order valence-corrected chi connectivity index (χ0v) is 14.3. The lowest BCUT2D eigenvalue weighted by Gasteiger charge is -2.20. The molecule has 0 aliphatic rings. The summed E-state index contributed by atoms with van der Waals surface area (Å²) in [6, 6.07) is 6.06. The molecule has 2 rings (SSSR count). The molecule has 2 N–H and O–H groups in total. The molecule has 0 fully saturated rings. The van der Waals surface area contributed by atoms with Gasteiger partial charge < -0.3 is 5.73 Å². The number of benzene rings is 1. The number of hydrogen-bond acceptors (Lipinski definition) is 5. The summed E-state index contributed by atoms with van der Waals surface area (Å²) in [6.07, 6.45) is 0. The van der Waals surface area contributed by atoms with Crippen LogP contribution in [0.2, 0.25) is 0 Å². The number of carbonyl (C=O) groups is 1. The van der Waals surface area contributed by atoms with Crippen molar-refractivity contribution >= 4 is 17.7 Å². The van der Waals surface area contributed by atoms with Crippen molar-refractivity contribution in [3.63, 3.8) is 0 Å². The number of halogens is 1. The van der Waals surface area contributed by atoms with Crippen LogP contribution in [0, 0.1) is 5.82 Å². The Morgan fingerprint density at radius 2 is 1.87 bits per heavy atom. The Morgan fingerprint density at radius 1 is 1.26 bits per heavy atom. The summed E-state index contributed by atoms with van der Waals surface area (Å²) in [5.41, 5.74) is 6.07. The minimum Gasteiger partial charge on any atom is -0.369 e. The SMILES string of the molecule is C[C@H](Sc1nnc([C@H](C)N(C)C)n1-c1ccc(F)cc1)C(N)=O. The summed E-state index contributed by atoms with van der Waals surface area (Å²) in [5.74, 6) is -0.0321. The molecule has 0 aliphatic carbocycles. The topological polar surface area (TPSA) is 77.0 Å². The number of hydrogen-bond donors (Lipinski definition) is 1.